The molecule has 4 heterocycles. The van der Waals surface area contributed by atoms with Crippen LogP contribution in [0.4, 0.5) is 10.5 Å². The molecule has 0 spiro atoms. The van der Waals surface area contributed by atoms with E-state index in [0.717, 1.165) is 35.5 Å². The van der Waals surface area contributed by atoms with Gasteiger partial charge in [-0.1, -0.05) is 30.3 Å². The fourth-order valence-corrected chi connectivity index (χ4v) is 8.39. The number of carbonyl (C=O) groups excluding carboxylic acids is 3. The van der Waals surface area contributed by atoms with Gasteiger partial charge in [-0.25, -0.2) is 9.59 Å². The minimum Gasteiger partial charge on any atom is -0.508 e. The molecule has 5 aromatic rings. The van der Waals surface area contributed by atoms with Crippen molar-refractivity contribution in [1.82, 2.24) is 19.3 Å². The van der Waals surface area contributed by atoms with E-state index in [0.29, 0.717) is 73.8 Å². The van der Waals surface area contributed by atoms with Gasteiger partial charge in [0.15, 0.2) is 0 Å². The number of amides is 3. The number of ether oxygens (including phenoxy) is 2. The van der Waals surface area contributed by atoms with Gasteiger partial charge in [0.1, 0.15) is 11.5 Å². The summed E-state index contributed by atoms with van der Waals surface area (Å²) in [5.74, 6) is -1.27. The summed E-state index contributed by atoms with van der Waals surface area (Å²) in [5, 5.41) is 19.3. The topological polar surface area (TPSA) is 145 Å². The van der Waals surface area contributed by atoms with E-state index in [2.05, 4.69) is 17.0 Å². The highest BCUT2D eigenvalue weighted by Crippen LogP contribution is 2.36. The number of hydrogen-bond acceptors (Lipinski definition) is 8. The van der Waals surface area contributed by atoms with Crippen LogP contribution in [0.5, 0.6) is 11.5 Å². The van der Waals surface area contributed by atoms with E-state index in [9.17, 15) is 24.6 Å². The number of hydrogen-bond donors (Lipinski definition) is 2. The van der Waals surface area contributed by atoms with Crippen molar-refractivity contribution in [2.75, 3.05) is 51.3 Å². The van der Waals surface area contributed by atoms with Gasteiger partial charge < -0.3 is 39.0 Å². The third-order valence-electron chi connectivity index (χ3n) is 11.9. The molecule has 0 unspecified atom stereocenters. The Kier molecular flexibility index (Phi) is 11.0. The van der Waals surface area contributed by atoms with Crippen LogP contribution in [-0.4, -0.2) is 106 Å². The highest BCUT2D eigenvalue weighted by atomic mass is 16.6. The van der Waals surface area contributed by atoms with Crippen molar-refractivity contribution in [2.24, 2.45) is 7.05 Å². The van der Waals surface area contributed by atoms with Crippen LogP contribution >= 0.6 is 0 Å². The predicted octanol–water partition coefficient (Wildman–Crippen LogP) is 6.14. The molecule has 1 aromatic heterocycles. The summed E-state index contributed by atoms with van der Waals surface area (Å²) in [6.45, 7) is 6.40. The molecule has 0 saturated carbocycles. The number of benzene rings is 4. The van der Waals surface area contributed by atoms with Crippen molar-refractivity contribution in [2.45, 2.75) is 38.9 Å². The SMILES string of the molecule is Cc1c(C(=O)N(C)c2ccc(O)cc2)cc(-c2cc3c(cc2C(=O)N2Cc4ccccc4C[C@H]2CN2CCOCC2)CN(C(=O)Oc2cccc(C(=O)O)c2)CC3)n1C. The summed E-state index contributed by atoms with van der Waals surface area (Å²) >= 11 is 0. The molecular formula is C46H47N5O8. The normalized spacial score (nSPS) is 16.6. The first-order valence-electron chi connectivity index (χ1n) is 19.8. The smallest absolute Gasteiger partial charge is 0.415 e. The van der Waals surface area contributed by atoms with Crippen molar-refractivity contribution in [3.8, 4) is 22.8 Å². The van der Waals surface area contributed by atoms with Crippen LogP contribution in [0.2, 0.25) is 0 Å². The molecule has 1 saturated heterocycles. The molecular weight excluding hydrogens is 751 g/mol. The third-order valence-corrected chi connectivity index (χ3v) is 11.9. The van der Waals surface area contributed by atoms with Crippen LogP contribution in [0.15, 0.2) is 91.0 Å². The van der Waals surface area contributed by atoms with E-state index < -0.39 is 12.1 Å². The largest absolute Gasteiger partial charge is 0.508 e. The van der Waals surface area contributed by atoms with E-state index in [1.165, 1.54) is 40.8 Å². The zero-order chi connectivity index (χ0) is 41.4. The fourth-order valence-electron chi connectivity index (χ4n) is 8.39. The molecule has 1 atom stereocenters. The summed E-state index contributed by atoms with van der Waals surface area (Å²) in [6.07, 6.45) is 0.567. The number of phenols is 1. The number of carbonyl (C=O) groups is 4. The van der Waals surface area contributed by atoms with Crippen LogP contribution in [0.1, 0.15) is 59.0 Å². The number of anilines is 1. The van der Waals surface area contributed by atoms with E-state index in [-0.39, 0.29) is 41.5 Å². The van der Waals surface area contributed by atoms with Gasteiger partial charge >= 0.3 is 12.1 Å². The molecule has 3 aliphatic heterocycles. The number of aromatic hydroxyl groups is 1. The third kappa shape index (κ3) is 8.03. The van der Waals surface area contributed by atoms with Crippen molar-refractivity contribution < 1.29 is 38.9 Å². The number of carboxylic acids is 1. The monoisotopic (exact) mass is 797 g/mol. The van der Waals surface area contributed by atoms with E-state index in [1.54, 1.807) is 30.1 Å². The Morgan fingerprint density at radius 2 is 1.58 bits per heavy atom. The summed E-state index contributed by atoms with van der Waals surface area (Å²) in [4.78, 5) is 61.9. The molecule has 3 aliphatic rings. The van der Waals surface area contributed by atoms with Crippen LogP contribution in [0, 0.1) is 6.92 Å². The molecule has 0 radical (unpaired) electrons. The van der Waals surface area contributed by atoms with Crippen LogP contribution < -0.4 is 9.64 Å². The maximum Gasteiger partial charge on any atom is 0.415 e. The molecule has 2 N–H and O–H groups in total. The molecule has 8 rings (SSSR count). The van der Waals surface area contributed by atoms with Gasteiger partial charge in [-0.3, -0.25) is 14.5 Å². The lowest BCUT2D eigenvalue weighted by molar-refractivity contribution is 0.0193. The fraction of sp³-hybridized carbons (Fsp3) is 0.304. The molecule has 1 fully saturated rings. The van der Waals surface area contributed by atoms with Crippen molar-refractivity contribution >= 4 is 29.6 Å². The zero-order valence-corrected chi connectivity index (χ0v) is 33.4. The number of morpholine rings is 1. The van der Waals surface area contributed by atoms with Gasteiger partial charge in [-0.15, -0.1) is 0 Å². The van der Waals surface area contributed by atoms with Crippen LogP contribution in [-0.2, 0) is 37.7 Å². The predicted molar refractivity (Wildman–Crippen MR) is 221 cm³/mol. The molecule has 3 amide bonds. The number of fused-ring (bicyclic) bond motifs is 2. The molecule has 59 heavy (non-hydrogen) atoms. The average molecular weight is 798 g/mol. The van der Waals surface area contributed by atoms with E-state index in [4.69, 9.17) is 9.47 Å². The average Bonchev–Trinajstić information content (AvgIpc) is 3.55. The van der Waals surface area contributed by atoms with Gasteiger partial charge in [0.25, 0.3) is 11.8 Å². The summed E-state index contributed by atoms with van der Waals surface area (Å²) in [6, 6.07) is 26.2. The first kappa shape index (κ1) is 39.4. The van der Waals surface area contributed by atoms with E-state index >= 15 is 4.79 Å². The minimum absolute atomic E-state index is 0.00926. The first-order chi connectivity index (χ1) is 28.4. The quantitative estimate of drug-likeness (QED) is 0.189. The van der Waals surface area contributed by atoms with Gasteiger partial charge in [0.05, 0.1) is 24.3 Å². The number of aromatic nitrogens is 1. The highest BCUT2D eigenvalue weighted by molar-refractivity contribution is 6.08. The van der Waals surface area contributed by atoms with Gasteiger partial charge in [0, 0.05) is 87.6 Å². The number of carboxylic acid groups (broad SMARTS) is 1. The van der Waals surface area contributed by atoms with Crippen molar-refractivity contribution in [1.29, 1.82) is 0 Å². The lowest BCUT2D eigenvalue weighted by atomic mass is 9.89. The van der Waals surface area contributed by atoms with Gasteiger partial charge in [0.2, 0.25) is 0 Å². The van der Waals surface area contributed by atoms with Gasteiger partial charge in [-0.2, -0.15) is 0 Å². The lowest BCUT2D eigenvalue weighted by Gasteiger charge is -2.41. The second-order valence-corrected chi connectivity index (χ2v) is 15.5. The Morgan fingerprint density at radius 3 is 2.32 bits per heavy atom. The lowest BCUT2D eigenvalue weighted by Crippen LogP contribution is -2.52. The van der Waals surface area contributed by atoms with Crippen molar-refractivity contribution in [3.05, 3.63) is 136 Å². The zero-order valence-electron chi connectivity index (χ0n) is 33.4. The van der Waals surface area contributed by atoms with Crippen molar-refractivity contribution in [3.63, 3.8) is 0 Å². The maximum absolute atomic E-state index is 15.4. The number of aromatic carboxylic acids is 1. The molecule has 0 aliphatic carbocycles. The molecule has 304 valence electrons. The molecule has 13 nitrogen and oxygen atoms in total. The second kappa shape index (κ2) is 16.4. The Labute approximate surface area is 342 Å². The summed E-state index contributed by atoms with van der Waals surface area (Å²) in [5.41, 5.74) is 7.79. The second-order valence-electron chi connectivity index (χ2n) is 15.5. The minimum atomic E-state index is -1.12. The number of nitrogens with zero attached hydrogens (tertiary/aromatic N) is 5. The number of phenolic OH excluding ortho intramolecular Hbond substituents is 1. The maximum atomic E-state index is 15.4. The van der Waals surface area contributed by atoms with Gasteiger partial charge in [-0.05, 0) is 103 Å². The standard InChI is InChI=1S/C46H47N5O8/c1-29-39(43(53)48(3)35-11-13-37(52)14-12-35)25-42(47(29)2)40-23-31-15-16-50(46(57)59-38-10-6-9-32(22-38)45(55)56)26-34(31)24-41(40)44(54)51-27-33-8-5-4-7-30(33)21-36(51)28-49-17-19-58-20-18-49/h4-14,22-25,36,52H,15-21,26-28H2,1-3H3,(H,55,56)/t36-/m0/s1. The van der Waals surface area contributed by atoms with Crippen LogP contribution in [0.3, 0.4) is 0 Å². The molecule has 13 heteroatoms. The molecule has 0 bridgehead atoms. The summed E-state index contributed by atoms with van der Waals surface area (Å²) < 4.78 is 13.2. The Morgan fingerprint density at radius 1 is 0.831 bits per heavy atom. The van der Waals surface area contributed by atoms with E-state index in [1.807, 2.05) is 53.8 Å². The molecule has 4 aromatic carbocycles. The number of rotatable bonds is 8. The summed E-state index contributed by atoms with van der Waals surface area (Å²) in [7, 11) is 3.59. The Bertz CT molecular complexity index is 2440. The highest BCUT2D eigenvalue weighted by Gasteiger charge is 2.35. The van der Waals surface area contributed by atoms with Crippen LogP contribution in [0.25, 0.3) is 11.3 Å². The Hall–Kier alpha value is -6.44. The first-order valence-corrected chi connectivity index (χ1v) is 19.8. The Balaban J connectivity index is 1.18.